The Labute approximate surface area is 187 Å². The third kappa shape index (κ3) is 4.87. The van der Waals surface area contributed by atoms with Crippen LogP contribution in [0.4, 0.5) is 13.2 Å². The largest absolute Gasteiger partial charge is 0.573 e. The molecule has 0 N–H and O–H groups in total. The summed E-state index contributed by atoms with van der Waals surface area (Å²) in [7, 11) is 0. The first-order valence-electron chi connectivity index (χ1n) is 8.82. The van der Waals surface area contributed by atoms with Crippen molar-refractivity contribution < 1.29 is 17.9 Å². The minimum Gasteiger partial charge on any atom is -0.406 e. The lowest BCUT2D eigenvalue weighted by Crippen LogP contribution is -2.24. The van der Waals surface area contributed by atoms with Gasteiger partial charge >= 0.3 is 6.36 Å². The van der Waals surface area contributed by atoms with Gasteiger partial charge in [0.25, 0.3) is 5.56 Å². The zero-order valence-electron chi connectivity index (χ0n) is 15.3. The standard InChI is InChI=1S/C20H14BrF3N2O2S2/c21-13-3-1-12(2-4-13)11-30-19-25-16-9-10-29-17(16)18(27)26(19)14-5-7-15(8-6-14)28-20(22,23)24/h1-8H,9-11H2. The van der Waals surface area contributed by atoms with E-state index in [1.54, 1.807) is 0 Å². The van der Waals surface area contributed by atoms with E-state index < -0.39 is 6.36 Å². The highest BCUT2D eigenvalue weighted by atomic mass is 79.9. The number of aryl methyl sites for hydroxylation is 1. The molecule has 0 bridgehead atoms. The number of fused-ring (bicyclic) bond motifs is 1. The summed E-state index contributed by atoms with van der Waals surface area (Å²) in [5, 5.41) is 0.508. The molecule has 1 aliphatic heterocycles. The average molecular weight is 515 g/mol. The van der Waals surface area contributed by atoms with E-state index >= 15 is 0 Å². The number of hydrogen-bond acceptors (Lipinski definition) is 5. The smallest absolute Gasteiger partial charge is 0.406 e. The second-order valence-electron chi connectivity index (χ2n) is 6.37. The van der Waals surface area contributed by atoms with Crippen LogP contribution in [0.5, 0.6) is 5.75 Å². The molecular formula is C20H14BrF3N2O2S2. The summed E-state index contributed by atoms with van der Waals surface area (Å²) in [5.74, 6) is 1.05. The molecule has 30 heavy (non-hydrogen) atoms. The SMILES string of the molecule is O=c1c2c(nc(SCc3ccc(Br)cc3)n1-c1ccc(OC(F)(F)F)cc1)CCS2. The maximum absolute atomic E-state index is 13.1. The van der Waals surface area contributed by atoms with Gasteiger partial charge in [0.05, 0.1) is 16.3 Å². The zero-order valence-corrected chi connectivity index (χ0v) is 18.5. The quantitative estimate of drug-likeness (QED) is 0.316. The van der Waals surface area contributed by atoms with Crippen molar-refractivity contribution in [2.24, 2.45) is 0 Å². The van der Waals surface area contributed by atoms with Gasteiger partial charge < -0.3 is 4.74 Å². The van der Waals surface area contributed by atoms with Crippen molar-refractivity contribution in [2.45, 2.75) is 28.6 Å². The van der Waals surface area contributed by atoms with Crippen molar-refractivity contribution in [1.82, 2.24) is 9.55 Å². The summed E-state index contributed by atoms with van der Waals surface area (Å²) in [6, 6.07) is 13.1. The Balaban J connectivity index is 1.69. The molecular weight excluding hydrogens is 501 g/mol. The molecule has 0 saturated heterocycles. The number of halogens is 4. The van der Waals surface area contributed by atoms with Crippen molar-refractivity contribution in [3.8, 4) is 11.4 Å². The maximum atomic E-state index is 13.1. The average Bonchev–Trinajstić information content (AvgIpc) is 3.16. The van der Waals surface area contributed by atoms with Crippen molar-refractivity contribution in [1.29, 1.82) is 0 Å². The number of aromatic nitrogens is 2. The normalized spacial score (nSPS) is 13.3. The van der Waals surface area contributed by atoms with Gasteiger partial charge in [-0.2, -0.15) is 0 Å². The summed E-state index contributed by atoms with van der Waals surface area (Å²) in [5.41, 5.74) is 2.07. The Bertz CT molecular complexity index is 1120. The van der Waals surface area contributed by atoms with Gasteiger partial charge in [-0.25, -0.2) is 4.98 Å². The van der Waals surface area contributed by atoms with Gasteiger partial charge in [0.1, 0.15) is 5.75 Å². The first kappa shape index (κ1) is 21.3. The van der Waals surface area contributed by atoms with E-state index in [0.29, 0.717) is 21.5 Å². The van der Waals surface area contributed by atoms with E-state index in [0.717, 1.165) is 27.9 Å². The summed E-state index contributed by atoms with van der Waals surface area (Å²) >= 11 is 6.27. The molecule has 4 rings (SSSR count). The number of alkyl halides is 3. The molecule has 4 nitrogen and oxygen atoms in total. The Morgan fingerprint density at radius 2 is 1.83 bits per heavy atom. The lowest BCUT2D eigenvalue weighted by atomic mass is 10.2. The van der Waals surface area contributed by atoms with Gasteiger partial charge in [-0.3, -0.25) is 9.36 Å². The van der Waals surface area contributed by atoms with Crippen LogP contribution in [0.3, 0.4) is 0 Å². The van der Waals surface area contributed by atoms with E-state index in [9.17, 15) is 18.0 Å². The van der Waals surface area contributed by atoms with E-state index in [-0.39, 0.29) is 11.3 Å². The molecule has 3 aromatic rings. The Kier molecular flexibility index (Phi) is 6.17. The minimum absolute atomic E-state index is 0.203. The van der Waals surface area contributed by atoms with Crippen LogP contribution in [0.25, 0.3) is 5.69 Å². The van der Waals surface area contributed by atoms with Crippen LogP contribution in [0.2, 0.25) is 0 Å². The van der Waals surface area contributed by atoms with Crippen LogP contribution in [0, 0.1) is 0 Å². The first-order valence-corrected chi connectivity index (χ1v) is 11.6. The molecule has 0 amide bonds. The maximum Gasteiger partial charge on any atom is 0.573 e. The second kappa shape index (κ2) is 8.68. The van der Waals surface area contributed by atoms with Gasteiger partial charge in [-0.05, 0) is 42.0 Å². The van der Waals surface area contributed by atoms with Gasteiger partial charge in [0.2, 0.25) is 0 Å². The molecule has 1 aromatic heterocycles. The molecule has 2 heterocycles. The van der Waals surface area contributed by atoms with Crippen LogP contribution in [0.1, 0.15) is 11.3 Å². The predicted molar refractivity (Wildman–Crippen MR) is 115 cm³/mol. The topological polar surface area (TPSA) is 44.1 Å². The second-order valence-corrected chi connectivity index (χ2v) is 9.33. The van der Waals surface area contributed by atoms with E-state index in [1.807, 2.05) is 24.3 Å². The van der Waals surface area contributed by atoms with E-state index in [2.05, 4.69) is 25.7 Å². The van der Waals surface area contributed by atoms with Gasteiger partial charge in [0, 0.05) is 22.4 Å². The Morgan fingerprint density at radius 1 is 1.13 bits per heavy atom. The van der Waals surface area contributed by atoms with Crippen molar-refractivity contribution in [3.05, 3.63) is 74.6 Å². The fraction of sp³-hybridized carbons (Fsp3) is 0.200. The fourth-order valence-electron chi connectivity index (χ4n) is 2.94. The van der Waals surface area contributed by atoms with Gasteiger partial charge in [0.15, 0.2) is 5.16 Å². The molecule has 0 saturated carbocycles. The lowest BCUT2D eigenvalue weighted by Gasteiger charge is -2.15. The molecule has 0 aliphatic carbocycles. The molecule has 10 heteroatoms. The number of hydrogen-bond donors (Lipinski definition) is 0. The van der Waals surface area contributed by atoms with E-state index in [1.165, 1.54) is 52.4 Å². The Morgan fingerprint density at radius 3 is 2.50 bits per heavy atom. The molecule has 2 aromatic carbocycles. The number of rotatable bonds is 5. The summed E-state index contributed by atoms with van der Waals surface area (Å²) in [4.78, 5) is 18.4. The lowest BCUT2D eigenvalue weighted by molar-refractivity contribution is -0.274. The summed E-state index contributed by atoms with van der Waals surface area (Å²) in [6.07, 6.45) is -4.05. The number of thioether (sulfide) groups is 2. The zero-order chi connectivity index (χ0) is 21.3. The third-order valence-electron chi connectivity index (χ3n) is 4.28. The highest BCUT2D eigenvalue weighted by Gasteiger charge is 2.31. The fourth-order valence-corrected chi connectivity index (χ4v) is 5.22. The minimum atomic E-state index is -4.77. The van der Waals surface area contributed by atoms with Crippen LogP contribution < -0.4 is 10.3 Å². The van der Waals surface area contributed by atoms with Gasteiger partial charge in [-0.15, -0.1) is 24.9 Å². The first-order chi connectivity index (χ1) is 14.3. The monoisotopic (exact) mass is 514 g/mol. The van der Waals surface area contributed by atoms with Crippen molar-refractivity contribution >= 4 is 39.5 Å². The Hall–Kier alpha value is -1.91. The molecule has 0 radical (unpaired) electrons. The van der Waals surface area contributed by atoms with Crippen LogP contribution in [0.15, 0.2) is 67.9 Å². The molecule has 0 fully saturated rings. The van der Waals surface area contributed by atoms with Crippen molar-refractivity contribution in [3.63, 3.8) is 0 Å². The van der Waals surface area contributed by atoms with Crippen LogP contribution >= 0.6 is 39.5 Å². The van der Waals surface area contributed by atoms with Crippen molar-refractivity contribution in [2.75, 3.05) is 5.75 Å². The molecule has 1 aliphatic rings. The van der Waals surface area contributed by atoms with Crippen LogP contribution in [-0.2, 0) is 12.2 Å². The molecule has 0 atom stereocenters. The highest BCUT2D eigenvalue weighted by Crippen LogP contribution is 2.32. The van der Waals surface area contributed by atoms with Crippen LogP contribution in [-0.4, -0.2) is 21.7 Å². The number of ether oxygens (including phenoxy) is 1. The molecule has 0 unspecified atom stereocenters. The number of nitrogens with zero attached hydrogens (tertiary/aromatic N) is 2. The molecule has 0 spiro atoms. The summed E-state index contributed by atoms with van der Waals surface area (Å²) in [6.45, 7) is 0. The third-order valence-corrected chi connectivity index (χ3v) is 6.92. The van der Waals surface area contributed by atoms with Gasteiger partial charge in [-0.1, -0.05) is 39.8 Å². The molecule has 156 valence electrons. The predicted octanol–water partition coefficient (Wildman–Crippen LogP) is 5.83. The highest BCUT2D eigenvalue weighted by molar-refractivity contribution is 9.10. The number of benzene rings is 2. The van der Waals surface area contributed by atoms with E-state index in [4.69, 9.17) is 0 Å². The summed E-state index contributed by atoms with van der Waals surface area (Å²) < 4.78 is 43.7.